The van der Waals surface area contributed by atoms with E-state index >= 15 is 0 Å². The first kappa shape index (κ1) is 23.1. The Morgan fingerprint density at radius 2 is 1.44 bits per heavy atom. The van der Waals surface area contributed by atoms with Gasteiger partial charge >= 0.3 is 5.97 Å². The van der Waals surface area contributed by atoms with E-state index in [1.807, 2.05) is 97.1 Å². The fourth-order valence-electron chi connectivity index (χ4n) is 3.81. The standard InChI is InChI=1S/C29H27NO4/c1-33-29(32)27(30-28(31)19-23-11-14-24-9-5-6-10-25(24)17-23)18-21-12-15-26(16-13-21)34-20-22-7-3-2-4-8-22/h2-17,27H,18-20H2,1H3,(H,30,31)/t27-/m1/s1. The molecule has 4 aromatic carbocycles. The van der Waals surface area contributed by atoms with Crippen LogP contribution in [0.4, 0.5) is 0 Å². The van der Waals surface area contributed by atoms with Crippen molar-refractivity contribution in [1.29, 1.82) is 0 Å². The third kappa shape index (κ3) is 6.23. The number of carbonyl (C=O) groups excluding carboxylic acids is 2. The van der Waals surface area contributed by atoms with Gasteiger partial charge in [0.2, 0.25) is 5.91 Å². The van der Waals surface area contributed by atoms with Gasteiger partial charge in [-0.15, -0.1) is 0 Å². The molecule has 0 aromatic heterocycles. The Hall–Kier alpha value is -4.12. The zero-order chi connectivity index (χ0) is 23.8. The van der Waals surface area contributed by atoms with Gasteiger partial charge in [0, 0.05) is 6.42 Å². The third-order valence-electron chi connectivity index (χ3n) is 5.61. The van der Waals surface area contributed by atoms with Gasteiger partial charge in [0.25, 0.3) is 0 Å². The molecule has 0 bridgehead atoms. The Bertz CT molecular complexity index is 1250. The van der Waals surface area contributed by atoms with Crippen molar-refractivity contribution >= 4 is 22.6 Å². The molecule has 0 radical (unpaired) electrons. The highest BCUT2D eigenvalue weighted by Gasteiger charge is 2.22. The van der Waals surface area contributed by atoms with Gasteiger partial charge in [0.15, 0.2) is 0 Å². The lowest BCUT2D eigenvalue weighted by Gasteiger charge is -2.17. The predicted molar refractivity (Wildman–Crippen MR) is 133 cm³/mol. The van der Waals surface area contributed by atoms with Crippen LogP contribution in [0, 0.1) is 0 Å². The summed E-state index contributed by atoms with van der Waals surface area (Å²) in [6.07, 6.45) is 0.514. The average Bonchev–Trinajstić information content (AvgIpc) is 2.88. The summed E-state index contributed by atoms with van der Waals surface area (Å²) in [7, 11) is 1.32. The maximum Gasteiger partial charge on any atom is 0.328 e. The first-order valence-electron chi connectivity index (χ1n) is 11.2. The minimum absolute atomic E-state index is 0.185. The molecular formula is C29H27NO4. The summed E-state index contributed by atoms with van der Waals surface area (Å²) in [6, 6.07) is 30.6. The quantitative estimate of drug-likeness (QED) is 0.368. The molecule has 172 valence electrons. The highest BCUT2D eigenvalue weighted by molar-refractivity contribution is 5.88. The van der Waals surface area contributed by atoms with Crippen molar-refractivity contribution in [3.8, 4) is 5.75 Å². The third-order valence-corrected chi connectivity index (χ3v) is 5.61. The Balaban J connectivity index is 1.36. The fourth-order valence-corrected chi connectivity index (χ4v) is 3.81. The molecule has 4 aromatic rings. The van der Waals surface area contributed by atoms with Crippen LogP contribution in [0.25, 0.3) is 10.8 Å². The maximum atomic E-state index is 12.7. The topological polar surface area (TPSA) is 64.6 Å². The van der Waals surface area contributed by atoms with Crippen molar-refractivity contribution in [2.75, 3.05) is 7.11 Å². The van der Waals surface area contributed by atoms with Gasteiger partial charge in [-0.2, -0.15) is 0 Å². The number of esters is 1. The molecule has 0 saturated carbocycles. The first-order chi connectivity index (χ1) is 16.6. The number of rotatable bonds is 9. The number of hydrogen-bond donors (Lipinski definition) is 1. The smallest absolute Gasteiger partial charge is 0.328 e. The van der Waals surface area contributed by atoms with Gasteiger partial charge in [0.1, 0.15) is 18.4 Å². The second kappa shape index (κ2) is 11.1. The molecule has 1 N–H and O–H groups in total. The lowest BCUT2D eigenvalue weighted by molar-refractivity contribution is -0.145. The van der Waals surface area contributed by atoms with Gasteiger partial charge in [-0.25, -0.2) is 4.79 Å². The molecular weight excluding hydrogens is 426 g/mol. The summed E-state index contributed by atoms with van der Waals surface area (Å²) in [4.78, 5) is 25.0. The SMILES string of the molecule is COC(=O)[C@@H](Cc1ccc(OCc2ccccc2)cc1)NC(=O)Cc1ccc2ccccc2c1. The monoisotopic (exact) mass is 453 g/mol. The van der Waals surface area contributed by atoms with Crippen LogP contribution >= 0.6 is 0 Å². The molecule has 1 atom stereocenters. The van der Waals surface area contributed by atoms with Gasteiger partial charge in [-0.3, -0.25) is 4.79 Å². The number of hydrogen-bond acceptors (Lipinski definition) is 4. The molecule has 0 fully saturated rings. The van der Waals surface area contributed by atoms with Crippen LogP contribution in [0.15, 0.2) is 97.1 Å². The molecule has 5 heteroatoms. The van der Waals surface area contributed by atoms with E-state index in [1.54, 1.807) is 0 Å². The summed E-state index contributed by atoms with van der Waals surface area (Å²) in [5, 5.41) is 5.03. The van der Waals surface area contributed by atoms with E-state index in [2.05, 4.69) is 5.32 Å². The second-order valence-electron chi connectivity index (χ2n) is 8.12. The minimum Gasteiger partial charge on any atom is -0.489 e. The summed E-state index contributed by atoms with van der Waals surface area (Å²) < 4.78 is 10.7. The average molecular weight is 454 g/mol. The van der Waals surface area contributed by atoms with Crippen molar-refractivity contribution in [1.82, 2.24) is 5.32 Å². The Labute approximate surface area is 199 Å². The van der Waals surface area contributed by atoms with Crippen molar-refractivity contribution in [2.45, 2.75) is 25.5 Å². The highest BCUT2D eigenvalue weighted by atomic mass is 16.5. The fraction of sp³-hybridized carbons (Fsp3) is 0.172. The predicted octanol–water partition coefficient (Wildman–Crippen LogP) is 4.86. The maximum absolute atomic E-state index is 12.7. The molecule has 0 aliphatic heterocycles. The van der Waals surface area contributed by atoms with E-state index in [1.165, 1.54) is 7.11 Å². The Morgan fingerprint density at radius 3 is 2.18 bits per heavy atom. The lowest BCUT2D eigenvalue weighted by atomic mass is 10.0. The Kier molecular flexibility index (Phi) is 7.56. The number of fused-ring (bicyclic) bond motifs is 1. The van der Waals surface area contributed by atoms with Gasteiger partial charge < -0.3 is 14.8 Å². The van der Waals surface area contributed by atoms with Crippen molar-refractivity contribution in [2.24, 2.45) is 0 Å². The molecule has 0 saturated heterocycles. The zero-order valence-corrected chi connectivity index (χ0v) is 19.1. The van der Waals surface area contributed by atoms with E-state index in [0.29, 0.717) is 13.0 Å². The van der Waals surface area contributed by atoms with Gasteiger partial charge in [0.05, 0.1) is 13.5 Å². The molecule has 1 amide bonds. The minimum atomic E-state index is -0.769. The van der Waals surface area contributed by atoms with Gasteiger partial charge in [-0.1, -0.05) is 84.9 Å². The van der Waals surface area contributed by atoms with Crippen molar-refractivity contribution in [3.63, 3.8) is 0 Å². The molecule has 34 heavy (non-hydrogen) atoms. The number of ether oxygens (including phenoxy) is 2. The van der Waals surface area contributed by atoms with Crippen LogP contribution in [0.3, 0.4) is 0 Å². The van der Waals surface area contributed by atoms with E-state index in [4.69, 9.17) is 9.47 Å². The second-order valence-corrected chi connectivity index (χ2v) is 8.12. The van der Waals surface area contributed by atoms with Crippen LogP contribution in [-0.4, -0.2) is 25.0 Å². The lowest BCUT2D eigenvalue weighted by Crippen LogP contribution is -2.43. The van der Waals surface area contributed by atoms with Crippen LogP contribution < -0.4 is 10.1 Å². The summed E-state index contributed by atoms with van der Waals surface area (Å²) in [5.74, 6) is 0.0346. The zero-order valence-electron chi connectivity index (χ0n) is 19.1. The van der Waals surface area contributed by atoms with Crippen LogP contribution in [-0.2, 0) is 33.8 Å². The van der Waals surface area contributed by atoms with E-state index in [0.717, 1.165) is 33.2 Å². The Morgan fingerprint density at radius 1 is 0.765 bits per heavy atom. The van der Waals surface area contributed by atoms with Crippen molar-refractivity contribution in [3.05, 3.63) is 114 Å². The largest absolute Gasteiger partial charge is 0.489 e. The summed E-state index contributed by atoms with van der Waals surface area (Å²) in [5.41, 5.74) is 2.87. The molecule has 0 unspecified atom stereocenters. The van der Waals surface area contributed by atoms with Crippen LogP contribution in [0.2, 0.25) is 0 Å². The summed E-state index contributed by atoms with van der Waals surface area (Å²) in [6.45, 7) is 0.482. The molecule has 0 spiro atoms. The number of carbonyl (C=O) groups is 2. The molecule has 0 aliphatic rings. The molecule has 4 rings (SSSR count). The normalized spacial score (nSPS) is 11.6. The highest BCUT2D eigenvalue weighted by Crippen LogP contribution is 2.17. The molecule has 5 nitrogen and oxygen atoms in total. The van der Waals surface area contributed by atoms with Gasteiger partial charge in [-0.05, 0) is 39.6 Å². The van der Waals surface area contributed by atoms with Crippen LogP contribution in [0.1, 0.15) is 16.7 Å². The number of amides is 1. The molecule has 0 heterocycles. The number of nitrogens with one attached hydrogen (secondary N) is 1. The molecule has 0 aliphatic carbocycles. The van der Waals surface area contributed by atoms with Crippen LogP contribution in [0.5, 0.6) is 5.75 Å². The number of benzene rings is 4. The number of methoxy groups -OCH3 is 1. The summed E-state index contributed by atoms with van der Waals surface area (Å²) >= 11 is 0. The first-order valence-corrected chi connectivity index (χ1v) is 11.2. The van der Waals surface area contributed by atoms with E-state index in [9.17, 15) is 9.59 Å². The van der Waals surface area contributed by atoms with E-state index in [-0.39, 0.29) is 12.3 Å². The van der Waals surface area contributed by atoms with E-state index < -0.39 is 12.0 Å². The van der Waals surface area contributed by atoms with Crippen molar-refractivity contribution < 1.29 is 19.1 Å².